The van der Waals surface area contributed by atoms with Crippen LogP contribution in [-0.4, -0.2) is 38.2 Å². The summed E-state index contributed by atoms with van der Waals surface area (Å²) in [4.78, 5) is 36.6. The van der Waals surface area contributed by atoms with Gasteiger partial charge in [-0.25, -0.2) is 9.97 Å². The summed E-state index contributed by atoms with van der Waals surface area (Å²) in [6.07, 6.45) is 11.1. The maximum absolute atomic E-state index is 11.8. The van der Waals surface area contributed by atoms with Crippen molar-refractivity contribution in [2.24, 2.45) is 0 Å². The maximum Gasteiger partial charge on any atom is 0.290 e. The monoisotopic (exact) mass is 486 g/mol. The van der Waals surface area contributed by atoms with Gasteiger partial charge in [0, 0.05) is 42.8 Å². The van der Waals surface area contributed by atoms with Crippen LogP contribution in [0, 0.1) is 0 Å². The Morgan fingerprint density at radius 2 is 1.83 bits per heavy atom. The van der Waals surface area contributed by atoms with E-state index in [1.165, 1.54) is 11.1 Å². The van der Waals surface area contributed by atoms with Crippen LogP contribution in [0.3, 0.4) is 0 Å². The summed E-state index contributed by atoms with van der Waals surface area (Å²) in [5.41, 5.74) is 4.22. The first kappa shape index (κ1) is 23.2. The summed E-state index contributed by atoms with van der Waals surface area (Å²) in [6.45, 7) is 0.821. The van der Waals surface area contributed by atoms with Crippen molar-refractivity contribution in [3.8, 4) is 11.1 Å². The molecule has 35 heavy (non-hydrogen) atoms. The summed E-state index contributed by atoms with van der Waals surface area (Å²) in [6, 6.07) is 15.0. The molecule has 1 aliphatic heterocycles. The molecular weight excluding hydrogens is 460 g/mol. The Morgan fingerprint density at radius 1 is 1.00 bits per heavy atom. The molecule has 1 aromatic carbocycles. The van der Waals surface area contributed by atoms with E-state index in [2.05, 4.69) is 61.2 Å². The van der Waals surface area contributed by atoms with Gasteiger partial charge in [-0.3, -0.25) is 19.9 Å². The molecule has 0 radical (unpaired) electrons. The second kappa shape index (κ2) is 10.8. The normalized spacial score (nSPS) is 21.2. The molecule has 2 fully saturated rings. The molecule has 1 aliphatic carbocycles. The first-order valence-corrected chi connectivity index (χ1v) is 12.5. The van der Waals surface area contributed by atoms with Gasteiger partial charge in [0.25, 0.3) is 11.1 Å². The number of amides is 2. The van der Waals surface area contributed by atoms with E-state index in [-0.39, 0.29) is 11.1 Å². The third-order valence-corrected chi connectivity index (χ3v) is 7.04. The highest BCUT2D eigenvalue weighted by molar-refractivity contribution is 8.18. The Balaban J connectivity index is 1.14. The molecule has 1 saturated carbocycles. The van der Waals surface area contributed by atoms with Crippen molar-refractivity contribution >= 4 is 34.9 Å². The Kier molecular flexibility index (Phi) is 7.15. The minimum absolute atomic E-state index is 0.296. The van der Waals surface area contributed by atoms with E-state index in [0.29, 0.717) is 28.6 Å². The Morgan fingerprint density at radius 3 is 2.60 bits per heavy atom. The molecule has 0 unspecified atom stereocenters. The lowest BCUT2D eigenvalue weighted by Gasteiger charge is -2.30. The number of hydrogen-bond donors (Lipinski definition) is 3. The summed E-state index contributed by atoms with van der Waals surface area (Å²) >= 11 is 0.883. The number of anilines is 1. The lowest BCUT2D eigenvalue weighted by Crippen LogP contribution is -2.37. The average Bonchev–Trinajstić information content (AvgIpc) is 3.20. The number of thioether (sulfide) groups is 1. The van der Waals surface area contributed by atoms with Crippen molar-refractivity contribution in [3.05, 3.63) is 77.2 Å². The zero-order valence-corrected chi connectivity index (χ0v) is 19.9. The Bertz CT molecular complexity index is 1240. The van der Waals surface area contributed by atoms with Gasteiger partial charge in [0.1, 0.15) is 0 Å². The van der Waals surface area contributed by atoms with Crippen molar-refractivity contribution in [2.45, 2.75) is 44.3 Å². The fraction of sp³-hybridized carbons (Fsp3) is 0.269. The number of nitrogens with one attached hydrogen (secondary N) is 3. The molecule has 3 aromatic rings. The largest absolute Gasteiger partial charge is 0.351 e. The Labute approximate surface area is 208 Å². The van der Waals surface area contributed by atoms with E-state index in [1.54, 1.807) is 24.5 Å². The van der Waals surface area contributed by atoms with Crippen molar-refractivity contribution in [1.82, 2.24) is 25.6 Å². The molecule has 5 rings (SSSR count). The van der Waals surface area contributed by atoms with Crippen LogP contribution in [-0.2, 0) is 11.3 Å². The van der Waals surface area contributed by atoms with E-state index < -0.39 is 0 Å². The molecule has 1 saturated heterocycles. The minimum atomic E-state index is -0.387. The third-order valence-electron chi connectivity index (χ3n) is 6.23. The first-order valence-electron chi connectivity index (χ1n) is 11.7. The number of nitrogens with zero attached hydrogens (tertiary/aromatic N) is 3. The van der Waals surface area contributed by atoms with Gasteiger partial charge in [-0.2, -0.15) is 0 Å². The molecule has 3 N–H and O–H groups in total. The van der Waals surface area contributed by atoms with E-state index in [9.17, 15) is 9.59 Å². The van der Waals surface area contributed by atoms with Crippen LogP contribution in [0.5, 0.6) is 0 Å². The molecule has 2 aliphatic rings. The van der Waals surface area contributed by atoms with Gasteiger partial charge >= 0.3 is 0 Å². The van der Waals surface area contributed by atoms with Gasteiger partial charge in [0.2, 0.25) is 5.95 Å². The summed E-state index contributed by atoms with van der Waals surface area (Å²) in [5.74, 6) is 0.151. The van der Waals surface area contributed by atoms with Crippen molar-refractivity contribution in [2.75, 3.05) is 5.32 Å². The number of carbonyl (C=O) groups is 2. The molecular formula is C26H26N6O2S. The molecule has 9 heteroatoms. The summed E-state index contributed by atoms with van der Waals surface area (Å²) < 4.78 is 0. The van der Waals surface area contributed by atoms with Crippen molar-refractivity contribution < 1.29 is 9.59 Å². The minimum Gasteiger partial charge on any atom is -0.351 e. The third kappa shape index (κ3) is 5.93. The highest BCUT2D eigenvalue weighted by atomic mass is 32.2. The maximum atomic E-state index is 11.8. The number of carbonyl (C=O) groups excluding carboxylic acids is 2. The van der Waals surface area contributed by atoms with E-state index in [1.807, 2.05) is 12.3 Å². The second-order valence-electron chi connectivity index (χ2n) is 8.63. The molecule has 0 bridgehead atoms. The Hall–Kier alpha value is -3.56. The standard InChI is InChI=1S/C26H26N6O2S/c33-24-23(35-26(34)32-24)14-21-11-13-28-25(31-21)30-20-9-7-19(8-10-20)29-16-18-4-1-2-6-22(18)17-5-3-12-27-15-17/h1-6,11-15,19-20,29H,7-10,16H2,(H,28,30,31)(H,32,33,34)/b23-14+. The smallest absolute Gasteiger partial charge is 0.290 e. The molecule has 3 heterocycles. The van der Waals surface area contributed by atoms with Gasteiger partial charge in [0.05, 0.1) is 10.6 Å². The fourth-order valence-electron chi connectivity index (χ4n) is 4.43. The van der Waals surface area contributed by atoms with Gasteiger partial charge in [-0.1, -0.05) is 30.3 Å². The highest BCUT2D eigenvalue weighted by Gasteiger charge is 2.25. The zero-order chi connectivity index (χ0) is 24.0. The number of benzene rings is 1. The van der Waals surface area contributed by atoms with Gasteiger partial charge < -0.3 is 10.6 Å². The van der Waals surface area contributed by atoms with Gasteiger partial charge in [-0.15, -0.1) is 0 Å². The predicted octanol–water partition coefficient (Wildman–Crippen LogP) is 4.38. The van der Waals surface area contributed by atoms with Crippen molar-refractivity contribution in [3.63, 3.8) is 0 Å². The number of aromatic nitrogens is 3. The number of rotatable bonds is 7. The number of hydrogen-bond acceptors (Lipinski definition) is 8. The van der Waals surface area contributed by atoms with Crippen LogP contribution in [0.25, 0.3) is 17.2 Å². The number of imide groups is 1. The first-order chi connectivity index (χ1) is 17.1. The topological polar surface area (TPSA) is 109 Å². The SMILES string of the molecule is O=C1NC(=O)/C(=C\c2ccnc(NC3CCC(NCc4ccccc4-c4cccnc4)CC3)n2)S1. The van der Waals surface area contributed by atoms with Crippen molar-refractivity contribution in [1.29, 1.82) is 0 Å². The lowest BCUT2D eigenvalue weighted by atomic mass is 9.91. The average molecular weight is 487 g/mol. The predicted molar refractivity (Wildman–Crippen MR) is 137 cm³/mol. The summed E-state index contributed by atoms with van der Waals surface area (Å²) in [5, 5.41) is 9.06. The summed E-state index contributed by atoms with van der Waals surface area (Å²) in [7, 11) is 0. The van der Waals surface area contributed by atoms with E-state index in [0.717, 1.165) is 49.6 Å². The second-order valence-corrected chi connectivity index (χ2v) is 9.64. The fourth-order valence-corrected chi connectivity index (χ4v) is 5.10. The van der Waals surface area contributed by atoms with E-state index >= 15 is 0 Å². The van der Waals surface area contributed by atoms with Gasteiger partial charge in [-0.05, 0) is 66.8 Å². The molecule has 178 valence electrons. The van der Waals surface area contributed by atoms with Crippen LogP contribution < -0.4 is 16.0 Å². The van der Waals surface area contributed by atoms with Crippen LogP contribution in [0.1, 0.15) is 36.9 Å². The molecule has 0 atom stereocenters. The van der Waals surface area contributed by atoms with Crippen LogP contribution in [0.2, 0.25) is 0 Å². The van der Waals surface area contributed by atoms with Crippen LogP contribution in [0.4, 0.5) is 10.7 Å². The van der Waals surface area contributed by atoms with Crippen LogP contribution in [0.15, 0.2) is 66.0 Å². The quantitative estimate of drug-likeness (QED) is 0.422. The zero-order valence-electron chi connectivity index (χ0n) is 19.1. The van der Waals surface area contributed by atoms with Gasteiger partial charge in [0.15, 0.2) is 0 Å². The lowest BCUT2D eigenvalue weighted by molar-refractivity contribution is -0.115. The van der Waals surface area contributed by atoms with Crippen LogP contribution >= 0.6 is 11.8 Å². The molecule has 2 aromatic heterocycles. The molecule has 0 spiro atoms. The number of pyridine rings is 1. The molecule has 2 amide bonds. The highest BCUT2D eigenvalue weighted by Crippen LogP contribution is 2.27. The molecule has 8 nitrogen and oxygen atoms in total. The van der Waals surface area contributed by atoms with E-state index in [4.69, 9.17) is 0 Å².